The van der Waals surface area contributed by atoms with Crippen LogP contribution in [0, 0.1) is 0 Å². The molecule has 3 unspecified atom stereocenters. The Labute approximate surface area is 113 Å². The molecule has 0 saturated carbocycles. The van der Waals surface area contributed by atoms with Crippen LogP contribution < -0.4 is 5.32 Å². The summed E-state index contributed by atoms with van der Waals surface area (Å²) in [4.78, 5) is 9.14. The van der Waals surface area contributed by atoms with Crippen molar-refractivity contribution in [3.8, 4) is 0 Å². The summed E-state index contributed by atoms with van der Waals surface area (Å²) in [6, 6.07) is 1.98. The van der Waals surface area contributed by atoms with E-state index in [1.54, 1.807) is 4.88 Å². The molecule has 2 bridgehead atoms. The van der Waals surface area contributed by atoms with E-state index >= 15 is 0 Å². The monoisotopic (exact) mass is 263 g/mol. The van der Waals surface area contributed by atoms with E-state index < -0.39 is 0 Å². The van der Waals surface area contributed by atoms with E-state index in [1.165, 1.54) is 55.8 Å². The molecule has 4 heteroatoms. The highest BCUT2D eigenvalue weighted by atomic mass is 32.1. The Kier molecular flexibility index (Phi) is 2.71. The zero-order valence-corrected chi connectivity index (χ0v) is 11.8. The minimum atomic E-state index is 0.540. The highest BCUT2D eigenvalue weighted by molar-refractivity contribution is 7.12. The maximum Gasteiger partial charge on any atom is 0.110 e. The van der Waals surface area contributed by atoms with Gasteiger partial charge in [0.2, 0.25) is 0 Å². The first-order chi connectivity index (χ1) is 8.83. The van der Waals surface area contributed by atoms with E-state index in [4.69, 9.17) is 4.98 Å². The van der Waals surface area contributed by atoms with Gasteiger partial charge in [0.15, 0.2) is 0 Å². The number of nitrogens with zero attached hydrogens (tertiary/aromatic N) is 2. The maximum absolute atomic E-state index is 4.98. The van der Waals surface area contributed by atoms with Crippen LogP contribution in [0.3, 0.4) is 0 Å². The molecule has 1 aromatic rings. The molecule has 3 atom stereocenters. The number of hydrogen-bond acceptors (Lipinski definition) is 4. The van der Waals surface area contributed by atoms with Crippen molar-refractivity contribution >= 4 is 11.3 Å². The largest absolute Gasteiger partial charge is 0.308 e. The average Bonchev–Trinajstić information content (AvgIpc) is 2.93. The lowest BCUT2D eigenvalue weighted by atomic mass is 10.0. The molecule has 98 valence electrons. The smallest absolute Gasteiger partial charge is 0.110 e. The van der Waals surface area contributed by atoms with Gasteiger partial charge in [-0.25, -0.2) is 4.98 Å². The van der Waals surface area contributed by atoms with Gasteiger partial charge in [-0.05, 0) is 39.3 Å². The van der Waals surface area contributed by atoms with E-state index in [1.807, 2.05) is 11.3 Å². The normalized spacial score (nSPS) is 35.7. The number of thiazole rings is 1. The van der Waals surface area contributed by atoms with Gasteiger partial charge in [-0.3, -0.25) is 4.90 Å². The third kappa shape index (κ3) is 1.66. The van der Waals surface area contributed by atoms with Crippen LogP contribution in [-0.4, -0.2) is 29.5 Å². The van der Waals surface area contributed by atoms with Crippen molar-refractivity contribution in [3.05, 3.63) is 15.6 Å². The lowest BCUT2D eigenvalue weighted by Crippen LogP contribution is -2.33. The van der Waals surface area contributed by atoms with Crippen LogP contribution in [0.2, 0.25) is 0 Å². The minimum absolute atomic E-state index is 0.540. The molecule has 0 amide bonds. The molecular weight excluding hydrogens is 242 g/mol. The number of hydrogen-bond donors (Lipinski definition) is 1. The number of likely N-dealkylation sites (N-methyl/N-ethyl adjacent to an activating group) is 1. The zero-order valence-electron chi connectivity index (χ0n) is 11.0. The average molecular weight is 263 g/mol. The Morgan fingerprint density at radius 1 is 1.28 bits per heavy atom. The number of nitrogens with one attached hydrogen (secondary N) is 1. The zero-order chi connectivity index (χ0) is 12.1. The summed E-state index contributed by atoms with van der Waals surface area (Å²) in [7, 11) is 2.30. The number of aromatic nitrogens is 1. The number of fused-ring (bicyclic) bond motifs is 4. The third-order valence-electron chi connectivity index (χ3n) is 4.93. The van der Waals surface area contributed by atoms with Crippen LogP contribution in [0.15, 0.2) is 0 Å². The Morgan fingerprint density at radius 3 is 3.06 bits per heavy atom. The molecule has 3 aliphatic rings. The van der Waals surface area contributed by atoms with Crippen molar-refractivity contribution in [1.29, 1.82) is 0 Å². The predicted octanol–water partition coefficient (Wildman–Crippen LogP) is 2.65. The molecule has 4 heterocycles. The van der Waals surface area contributed by atoms with Gasteiger partial charge in [0, 0.05) is 23.4 Å². The lowest BCUT2D eigenvalue weighted by Gasteiger charge is -2.29. The fourth-order valence-electron chi connectivity index (χ4n) is 3.80. The van der Waals surface area contributed by atoms with Gasteiger partial charge in [0.1, 0.15) is 5.01 Å². The van der Waals surface area contributed by atoms with E-state index in [2.05, 4.69) is 17.3 Å². The van der Waals surface area contributed by atoms with Crippen LogP contribution in [0.25, 0.3) is 0 Å². The number of piperidine rings is 1. The second kappa shape index (κ2) is 4.29. The maximum atomic E-state index is 4.98. The van der Waals surface area contributed by atoms with Crippen molar-refractivity contribution < 1.29 is 0 Å². The standard InChI is InChI=1S/C14H21N3S/c1-17-9-5-6-12(17)13-11(8-9)16-14(18-13)10-4-2-3-7-15-10/h9-10,12,15H,2-8H2,1H3. The quantitative estimate of drug-likeness (QED) is 0.844. The Balaban J connectivity index is 1.65. The highest BCUT2D eigenvalue weighted by Gasteiger charge is 2.40. The molecule has 2 saturated heterocycles. The van der Waals surface area contributed by atoms with Crippen LogP contribution >= 0.6 is 11.3 Å². The Bertz CT molecular complexity index is 450. The topological polar surface area (TPSA) is 28.2 Å². The lowest BCUT2D eigenvalue weighted by molar-refractivity contribution is 0.226. The van der Waals surface area contributed by atoms with Crippen LogP contribution in [0.5, 0.6) is 0 Å². The summed E-state index contributed by atoms with van der Waals surface area (Å²) in [5.41, 5.74) is 1.42. The van der Waals surface area contributed by atoms with Gasteiger partial charge in [-0.1, -0.05) is 6.42 Å². The molecule has 4 rings (SSSR count). The van der Waals surface area contributed by atoms with Crippen LogP contribution in [-0.2, 0) is 6.42 Å². The molecule has 3 nitrogen and oxygen atoms in total. The van der Waals surface area contributed by atoms with E-state index in [0.29, 0.717) is 12.1 Å². The van der Waals surface area contributed by atoms with E-state index in [-0.39, 0.29) is 0 Å². The summed E-state index contributed by atoms with van der Waals surface area (Å²) in [5.74, 6) is 0. The molecule has 1 aromatic heterocycles. The van der Waals surface area contributed by atoms with Crippen molar-refractivity contribution in [1.82, 2.24) is 15.2 Å². The van der Waals surface area contributed by atoms with Gasteiger partial charge in [-0.2, -0.15) is 0 Å². The van der Waals surface area contributed by atoms with Crippen molar-refractivity contribution in [2.75, 3.05) is 13.6 Å². The van der Waals surface area contributed by atoms with E-state index in [9.17, 15) is 0 Å². The minimum Gasteiger partial charge on any atom is -0.308 e. The molecule has 0 radical (unpaired) electrons. The molecule has 3 aliphatic heterocycles. The van der Waals surface area contributed by atoms with Gasteiger partial charge < -0.3 is 5.32 Å². The highest BCUT2D eigenvalue weighted by Crippen LogP contribution is 2.46. The summed E-state index contributed by atoms with van der Waals surface area (Å²) in [6.45, 7) is 1.17. The fraction of sp³-hybridized carbons (Fsp3) is 0.786. The van der Waals surface area contributed by atoms with Crippen molar-refractivity contribution in [2.45, 2.75) is 56.7 Å². The summed E-state index contributed by atoms with van der Waals surface area (Å²) in [5, 5.41) is 5.00. The predicted molar refractivity (Wildman–Crippen MR) is 73.9 cm³/mol. The molecule has 0 spiro atoms. The summed E-state index contributed by atoms with van der Waals surface area (Å²) >= 11 is 1.99. The van der Waals surface area contributed by atoms with Crippen LogP contribution in [0.1, 0.15) is 59.8 Å². The molecule has 0 aromatic carbocycles. The van der Waals surface area contributed by atoms with Crippen LogP contribution in [0.4, 0.5) is 0 Å². The molecule has 18 heavy (non-hydrogen) atoms. The second-order valence-electron chi connectivity index (χ2n) is 5.98. The molecule has 2 fully saturated rings. The number of rotatable bonds is 1. The molecular formula is C14H21N3S. The fourth-order valence-corrected chi connectivity index (χ4v) is 5.19. The van der Waals surface area contributed by atoms with Crippen molar-refractivity contribution in [2.24, 2.45) is 0 Å². The SMILES string of the molecule is CN1C2CCC1c1sc(C3CCCCN3)nc1C2. The molecule has 0 aliphatic carbocycles. The van der Waals surface area contributed by atoms with Gasteiger partial charge in [0.25, 0.3) is 0 Å². The van der Waals surface area contributed by atoms with Gasteiger partial charge >= 0.3 is 0 Å². The second-order valence-corrected chi connectivity index (χ2v) is 7.04. The summed E-state index contributed by atoms with van der Waals surface area (Å²) < 4.78 is 0. The van der Waals surface area contributed by atoms with Crippen molar-refractivity contribution in [3.63, 3.8) is 0 Å². The summed E-state index contributed by atoms with van der Waals surface area (Å²) in [6.07, 6.45) is 7.85. The first kappa shape index (κ1) is 11.4. The van der Waals surface area contributed by atoms with E-state index in [0.717, 1.165) is 6.04 Å². The third-order valence-corrected chi connectivity index (χ3v) is 6.24. The van der Waals surface area contributed by atoms with Gasteiger partial charge in [0.05, 0.1) is 11.7 Å². The Hall–Kier alpha value is -0.450. The molecule has 1 N–H and O–H groups in total. The van der Waals surface area contributed by atoms with Gasteiger partial charge in [-0.15, -0.1) is 11.3 Å². The first-order valence-corrected chi connectivity index (χ1v) is 8.09. The Morgan fingerprint density at radius 2 is 2.22 bits per heavy atom. The first-order valence-electron chi connectivity index (χ1n) is 7.28.